The summed E-state index contributed by atoms with van der Waals surface area (Å²) in [6, 6.07) is 45.3. The van der Waals surface area contributed by atoms with Crippen LogP contribution in [0.25, 0.3) is 92.4 Å². The number of aromatic nitrogens is 3. The van der Waals surface area contributed by atoms with Crippen LogP contribution in [0, 0.1) is 0 Å². The summed E-state index contributed by atoms with van der Waals surface area (Å²) < 4.78 is 11.6. The summed E-state index contributed by atoms with van der Waals surface area (Å²) in [6.45, 7) is 4.66. The Morgan fingerprint density at radius 3 is 2.19 bits per heavy atom. The minimum absolute atomic E-state index is 0.255. The maximum atomic E-state index is 6.61. The third-order valence-electron chi connectivity index (χ3n) is 10.4. The summed E-state index contributed by atoms with van der Waals surface area (Å²) in [7, 11) is 0. The molecule has 5 heteroatoms. The fourth-order valence-electron chi connectivity index (χ4n) is 8.19. The van der Waals surface area contributed by atoms with Gasteiger partial charge in [0.15, 0.2) is 11.4 Å². The molecule has 6 aromatic carbocycles. The quantitative estimate of drug-likeness (QED) is 0.190. The molecule has 11 rings (SSSR count). The van der Waals surface area contributed by atoms with Crippen molar-refractivity contribution >= 4 is 75.4 Å². The Morgan fingerprint density at radius 1 is 0.583 bits per heavy atom. The van der Waals surface area contributed by atoms with Gasteiger partial charge in [-0.1, -0.05) is 105 Å². The third kappa shape index (κ3) is 3.29. The van der Waals surface area contributed by atoms with Gasteiger partial charge in [-0.2, -0.15) is 0 Å². The summed E-state index contributed by atoms with van der Waals surface area (Å²) >= 11 is 1.83. The standard InChI is InChI=1S/C43H27N3OS/c1-43(2)31-19-10-17-29-37(31)46(39-27-14-4-7-22-34(27)47-40(29)39)38-30(18-11-20-32(38)43)42-44-33-21-6-3-13-26(33)36(45-42)28-16-9-15-25-24-12-5-8-23-35(24)48-41(25)28/h3-23H,1-2H3. The molecule has 0 saturated carbocycles. The van der Waals surface area contributed by atoms with Gasteiger partial charge < -0.3 is 8.98 Å². The fourth-order valence-corrected chi connectivity index (χ4v) is 9.41. The lowest BCUT2D eigenvalue weighted by atomic mass is 9.74. The molecule has 0 amide bonds. The molecule has 0 fully saturated rings. The van der Waals surface area contributed by atoms with Gasteiger partial charge in [0, 0.05) is 52.9 Å². The zero-order valence-electron chi connectivity index (χ0n) is 26.3. The van der Waals surface area contributed by atoms with E-state index in [1.165, 1.54) is 36.8 Å². The first-order valence-corrected chi connectivity index (χ1v) is 17.2. The van der Waals surface area contributed by atoms with Crippen molar-refractivity contribution < 1.29 is 4.42 Å². The van der Waals surface area contributed by atoms with E-state index in [1.54, 1.807) is 0 Å². The predicted octanol–water partition coefficient (Wildman–Crippen LogP) is 11.8. The van der Waals surface area contributed by atoms with Crippen LogP contribution in [0.2, 0.25) is 0 Å². The van der Waals surface area contributed by atoms with E-state index in [2.05, 4.69) is 140 Å². The number of para-hydroxylation sites is 4. The molecule has 0 N–H and O–H groups in total. The highest BCUT2D eigenvalue weighted by Crippen LogP contribution is 2.51. The third-order valence-corrected chi connectivity index (χ3v) is 11.6. The Balaban J connectivity index is 1.27. The molecule has 0 unspecified atom stereocenters. The predicted molar refractivity (Wildman–Crippen MR) is 200 cm³/mol. The molecule has 5 heterocycles. The second-order valence-electron chi connectivity index (χ2n) is 13.3. The summed E-state index contributed by atoms with van der Waals surface area (Å²) in [5.41, 5.74) is 11.5. The highest BCUT2D eigenvalue weighted by Gasteiger charge is 2.38. The Labute approximate surface area is 279 Å². The molecule has 0 radical (unpaired) electrons. The average Bonchev–Trinajstić information content (AvgIpc) is 3.79. The number of hydrogen-bond donors (Lipinski definition) is 0. The van der Waals surface area contributed by atoms with Crippen LogP contribution in [0.4, 0.5) is 0 Å². The molecular formula is C43H27N3OS. The van der Waals surface area contributed by atoms with Gasteiger partial charge in [-0.15, -0.1) is 11.3 Å². The van der Waals surface area contributed by atoms with Crippen LogP contribution in [0.1, 0.15) is 25.0 Å². The zero-order valence-corrected chi connectivity index (χ0v) is 27.1. The number of benzene rings is 6. The molecule has 4 aromatic heterocycles. The van der Waals surface area contributed by atoms with Crippen LogP contribution >= 0.6 is 11.3 Å². The van der Waals surface area contributed by atoms with Crippen molar-refractivity contribution in [2.24, 2.45) is 0 Å². The van der Waals surface area contributed by atoms with Crippen molar-refractivity contribution in [1.29, 1.82) is 0 Å². The first-order valence-electron chi connectivity index (χ1n) is 16.3. The summed E-state index contributed by atoms with van der Waals surface area (Å²) in [4.78, 5) is 10.8. The minimum Gasteiger partial charge on any atom is -0.454 e. The van der Waals surface area contributed by atoms with E-state index in [1.807, 2.05) is 17.4 Å². The van der Waals surface area contributed by atoms with E-state index in [-0.39, 0.29) is 5.41 Å². The monoisotopic (exact) mass is 633 g/mol. The highest BCUT2D eigenvalue weighted by atomic mass is 32.1. The fraction of sp³-hybridized carbons (Fsp3) is 0.0698. The van der Waals surface area contributed by atoms with Crippen molar-refractivity contribution in [3.63, 3.8) is 0 Å². The molecular weight excluding hydrogens is 607 g/mol. The molecule has 4 nitrogen and oxygen atoms in total. The topological polar surface area (TPSA) is 43.9 Å². The van der Waals surface area contributed by atoms with Gasteiger partial charge in [0.1, 0.15) is 11.1 Å². The van der Waals surface area contributed by atoms with E-state index >= 15 is 0 Å². The number of nitrogens with zero attached hydrogens (tertiary/aromatic N) is 3. The van der Waals surface area contributed by atoms with E-state index in [0.717, 1.165) is 66.7 Å². The lowest BCUT2D eigenvalue weighted by molar-refractivity contribution is 0.630. The van der Waals surface area contributed by atoms with Gasteiger partial charge in [0.05, 0.1) is 22.4 Å². The lowest BCUT2D eigenvalue weighted by Crippen LogP contribution is -2.26. The number of fused-ring (bicyclic) bond motifs is 11. The molecule has 0 spiro atoms. The molecule has 0 bridgehead atoms. The van der Waals surface area contributed by atoms with Crippen LogP contribution in [0.5, 0.6) is 0 Å². The van der Waals surface area contributed by atoms with Gasteiger partial charge in [-0.05, 0) is 47.5 Å². The number of thiophene rings is 1. The second kappa shape index (κ2) is 9.18. The second-order valence-corrected chi connectivity index (χ2v) is 14.4. The molecule has 48 heavy (non-hydrogen) atoms. The lowest BCUT2D eigenvalue weighted by Gasteiger charge is -2.35. The first-order chi connectivity index (χ1) is 23.6. The molecule has 0 aliphatic carbocycles. The van der Waals surface area contributed by atoms with Crippen LogP contribution in [-0.4, -0.2) is 14.5 Å². The number of furan rings is 1. The highest BCUT2D eigenvalue weighted by molar-refractivity contribution is 7.26. The van der Waals surface area contributed by atoms with Gasteiger partial charge in [0.2, 0.25) is 0 Å². The molecule has 1 aliphatic rings. The SMILES string of the molecule is CC1(C)c2cccc(-c3nc(-c4cccc5c4sc4ccccc45)c4ccccc4n3)c2-n2c3c1cccc3c1oc3ccccc3c12. The summed E-state index contributed by atoms with van der Waals surface area (Å²) in [6.07, 6.45) is 0. The molecule has 1 aliphatic heterocycles. The summed E-state index contributed by atoms with van der Waals surface area (Å²) in [5, 5.41) is 5.82. The Kier molecular flexibility index (Phi) is 5.03. The summed E-state index contributed by atoms with van der Waals surface area (Å²) in [5.74, 6) is 0.719. The van der Waals surface area contributed by atoms with Crippen LogP contribution in [0.3, 0.4) is 0 Å². The number of hydrogen-bond acceptors (Lipinski definition) is 4. The minimum atomic E-state index is -0.255. The van der Waals surface area contributed by atoms with Crippen molar-refractivity contribution in [1.82, 2.24) is 14.5 Å². The van der Waals surface area contributed by atoms with Gasteiger partial charge >= 0.3 is 0 Å². The molecule has 0 atom stereocenters. The Bertz CT molecular complexity index is 2990. The first kappa shape index (κ1) is 26.3. The van der Waals surface area contributed by atoms with Crippen LogP contribution in [-0.2, 0) is 5.41 Å². The Morgan fingerprint density at radius 2 is 1.27 bits per heavy atom. The van der Waals surface area contributed by atoms with Gasteiger partial charge in [-0.3, -0.25) is 0 Å². The van der Waals surface area contributed by atoms with Crippen molar-refractivity contribution in [2.45, 2.75) is 19.3 Å². The van der Waals surface area contributed by atoms with Crippen molar-refractivity contribution in [2.75, 3.05) is 0 Å². The number of rotatable bonds is 2. The maximum Gasteiger partial charge on any atom is 0.162 e. The largest absolute Gasteiger partial charge is 0.454 e. The van der Waals surface area contributed by atoms with Gasteiger partial charge in [-0.25, -0.2) is 9.97 Å². The molecule has 226 valence electrons. The van der Waals surface area contributed by atoms with Crippen molar-refractivity contribution in [3.8, 4) is 28.3 Å². The average molecular weight is 634 g/mol. The zero-order chi connectivity index (χ0) is 31.7. The van der Waals surface area contributed by atoms with Crippen LogP contribution in [0.15, 0.2) is 132 Å². The molecule has 0 saturated heterocycles. The van der Waals surface area contributed by atoms with Crippen LogP contribution < -0.4 is 0 Å². The molecule has 10 aromatic rings. The van der Waals surface area contributed by atoms with Crippen molar-refractivity contribution in [3.05, 3.63) is 139 Å². The maximum absolute atomic E-state index is 6.61. The van der Waals surface area contributed by atoms with E-state index < -0.39 is 0 Å². The van der Waals surface area contributed by atoms with E-state index in [4.69, 9.17) is 14.4 Å². The Hall–Kier alpha value is -5.78. The van der Waals surface area contributed by atoms with E-state index in [9.17, 15) is 0 Å². The van der Waals surface area contributed by atoms with Gasteiger partial charge in [0.25, 0.3) is 0 Å². The van der Waals surface area contributed by atoms with E-state index in [0.29, 0.717) is 0 Å². The smallest absolute Gasteiger partial charge is 0.162 e. The normalized spacial score (nSPS) is 13.8.